The number of aryl methyl sites for hydroxylation is 2. The number of imide groups is 1. The fourth-order valence-corrected chi connectivity index (χ4v) is 6.99. The summed E-state index contributed by atoms with van der Waals surface area (Å²) in [5, 5.41) is 29.9. The summed E-state index contributed by atoms with van der Waals surface area (Å²) >= 11 is 0. The summed E-state index contributed by atoms with van der Waals surface area (Å²) in [6.07, 6.45) is 3.59. The van der Waals surface area contributed by atoms with Crippen molar-refractivity contribution in [1.29, 1.82) is 0 Å². The van der Waals surface area contributed by atoms with E-state index in [9.17, 15) is 39.3 Å². The molecule has 3 aliphatic carbocycles. The van der Waals surface area contributed by atoms with Crippen LogP contribution in [0.4, 0.5) is 5.69 Å². The van der Waals surface area contributed by atoms with Gasteiger partial charge in [0, 0.05) is 28.7 Å². The zero-order valence-electron chi connectivity index (χ0n) is 22.6. The Labute approximate surface area is 235 Å². The van der Waals surface area contributed by atoms with Gasteiger partial charge in [-0.25, -0.2) is 9.69 Å². The first kappa shape index (κ1) is 26.4. The van der Waals surface area contributed by atoms with Crippen molar-refractivity contribution >= 4 is 35.0 Å². The van der Waals surface area contributed by atoms with Gasteiger partial charge in [0.2, 0.25) is 11.8 Å². The van der Waals surface area contributed by atoms with Gasteiger partial charge in [-0.2, -0.15) is 0 Å². The van der Waals surface area contributed by atoms with E-state index < -0.39 is 47.2 Å². The quantitative estimate of drug-likeness (QED) is 0.293. The second-order valence-corrected chi connectivity index (χ2v) is 11.3. The molecule has 0 saturated carbocycles. The number of aromatic hydroxyl groups is 2. The number of rotatable bonds is 3. The summed E-state index contributed by atoms with van der Waals surface area (Å²) in [7, 11) is 0. The molecule has 0 bridgehead atoms. The SMILES string of the molecule is CC1=CC(=O)C2=C(C1=O)C(c1cc(C)c(O)c(C)c1)C1=CCC3C(=O)N(c4ccc(C(=O)O)c(O)c4)C(=O)C3C1C2. The Kier molecular flexibility index (Phi) is 5.88. The Balaban J connectivity index is 1.48. The molecule has 0 radical (unpaired) electrons. The number of hydrogen-bond donors (Lipinski definition) is 3. The Morgan fingerprint density at radius 1 is 0.927 bits per heavy atom. The zero-order chi connectivity index (χ0) is 29.5. The van der Waals surface area contributed by atoms with Gasteiger partial charge in [-0.3, -0.25) is 19.2 Å². The molecule has 3 N–H and O–H groups in total. The predicted molar refractivity (Wildman–Crippen MR) is 146 cm³/mol. The normalized spacial score (nSPS) is 25.5. The molecule has 208 valence electrons. The topological polar surface area (TPSA) is 149 Å². The van der Waals surface area contributed by atoms with Gasteiger partial charge in [-0.05, 0) is 74.4 Å². The first-order chi connectivity index (χ1) is 19.4. The van der Waals surface area contributed by atoms with Crippen LogP contribution in [0.3, 0.4) is 0 Å². The van der Waals surface area contributed by atoms with Gasteiger partial charge >= 0.3 is 5.97 Å². The van der Waals surface area contributed by atoms with E-state index in [-0.39, 0.29) is 41.4 Å². The number of carboxylic acid groups (broad SMARTS) is 1. The van der Waals surface area contributed by atoms with Gasteiger partial charge in [0.25, 0.3) is 0 Å². The van der Waals surface area contributed by atoms with Gasteiger partial charge in [0.05, 0.1) is 17.5 Å². The van der Waals surface area contributed by atoms with E-state index in [1.54, 1.807) is 32.9 Å². The molecule has 0 aromatic heterocycles. The molecular formula is C32H27NO8. The first-order valence-corrected chi connectivity index (χ1v) is 13.3. The zero-order valence-corrected chi connectivity index (χ0v) is 22.6. The number of carbonyl (C=O) groups excluding carboxylic acids is 4. The smallest absolute Gasteiger partial charge is 0.339 e. The maximum absolute atomic E-state index is 14.0. The van der Waals surface area contributed by atoms with Crippen LogP contribution in [0.25, 0.3) is 0 Å². The number of carbonyl (C=O) groups is 5. The molecule has 2 amide bonds. The minimum absolute atomic E-state index is 0.0676. The van der Waals surface area contributed by atoms with Crippen LogP contribution in [0.15, 0.2) is 64.8 Å². The molecule has 4 aliphatic rings. The summed E-state index contributed by atoms with van der Waals surface area (Å²) in [5.41, 5.74) is 3.50. The van der Waals surface area contributed by atoms with Crippen molar-refractivity contribution in [2.45, 2.75) is 39.5 Å². The summed E-state index contributed by atoms with van der Waals surface area (Å²) in [4.78, 5) is 66.7. The fourth-order valence-electron chi connectivity index (χ4n) is 6.99. The average molecular weight is 554 g/mol. The molecule has 1 saturated heterocycles. The van der Waals surface area contributed by atoms with Gasteiger partial charge in [0.15, 0.2) is 11.6 Å². The fraction of sp³-hybridized carbons (Fsp3) is 0.281. The van der Waals surface area contributed by atoms with Crippen molar-refractivity contribution < 1.29 is 39.3 Å². The Morgan fingerprint density at radius 2 is 1.61 bits per heavy atom. The van der Waals surface area contributed by atoms with E-state index in [0.29, 0.717) is 27.8 Å². The number of anilines is 1. The van der Waals surface area contributed by atoms with Gasteiger partial charge < -0.3 is 15.3 Å². The highest BCUT2D eigenvalue weighted by atomic mass is 16.4. The van der Waals surface area contributed by atoms with Crippen LogP contribution in [0, 0.1) is 31.6 Å². The maximum atomic E-state index is 14.0. The lowest BCUT2D eigenvalue weighted by molar-refractivity contribution is -0.123. The predicted octanol–water partition coefficient (Wildman–Crippen LogP) is 4.05. The van der Waals surface area contributed by atoms with Crippen molar-refractivity contribution in [3.8, 4) is 11.5 Å². The molecule has 9 heteroatoms. The minimum atomic E-state index is -1.34. The van der Waals surface area contributed by atoms with E-state index in [1.165, 1.54) is 12.1 Å². The number of nitrogens with zero attached hydrogens (tertiary/aromatic N) is 1. The molecule has 2 aromatic rings. The molecule has 0 spiro atoms. The van der Waals surface area contributed by atoms with Crippen molar-refractivity contribution in [2.75, 3.05) is 4.90 Å². The number of phenols is 2. The number of aromatic carboxylic acids is 1. The largest absolute Gasteiger partial charge is 0.507 e. The summed E-state index contributed by atoms with van der Waals surface area (Å²) in [6.45, 7) is 5.12. The van der Waals surface area contributed by atoms with Crippen molar-refractivity contribution in [3.63, 3.8) is 0 Å². The van der Waals surface area contributed by atoms with Crippen LogP contribution >= 0.6 is 0 Å². The van der Waals surface area contributed by atoms with E-state index in [2.05, 4.69) is 0 Å². The number of hydrogen-bond acceptors (Lipinski definition) is 7. The first-order valence-electron chi connectivity index (χ1n) is 13.3. The highest BCUT2D eigenvalue weighted by Gasteiger charge is 2.56. The molecular weight excluding hydrogens is 526 g/mol. The Hall–Kier alpha value is -4.79. The number of ketones is 2. The van der Waals surface area contributed by atoms with Crippen LogP contribution in [0.5, 0.6) is 11.5 Å². The third-order valence-electron chi connectivity index (χ3n) is 8.88. The highest BCUT2D eigenvalue weighted by molar-refractivity contribution is 6.25. The molecule has 6 rings (SSSR count). The lowest BCUT2D eigenvalue weighted by Gasteiger charge is -2.42. The number of phenolic OH excluding ortho intramolecular Hbond substituents is 1. The monoisotopic (exact) mass is 553 g/mol. The number of allylic oxidation sites excluding steroid dienone is 6. The molecule has 4 atom stereocenters. The number of fused-ring (bicyclic) bond motifs is 3. The van der Waals surface area contributed by atoms with Crippen LogP contribution in [0.2, 0.25) is 0 Å². The Morgan fingerprint density at radius 3 is 2.24 bits per heavy atom. The summed E-state index contributed by atoms with van der Waals surface area (Å²) in [6, 6.07) is 7.13. The lowest BCUT2D eigenvalue weighted by atomic mass is 9.59. The van der Waals surface area contributed by atoms with Gasteiger partial charge in [0.1, 0.15) is 17.1 Å². The molecule has 1 heterocycles. The second-order valence-electron chi connectivity index (χ2n) is 11.3. The van der Waals surface area contributed by atoms with E-state index >= 15 is 0 Å². The summed E-state index contributed by atoms with van der Waals surface area (Å²) < 4.78 is 0. The average Bonchev–Trinajstić information content (AvgIpc) is 3.18. The molecule has 1 aliphatic heterocycles. The standard InChI is InChI=1S/C32H27NO8/c1-13-8-16(9-14(2)28(13)36)25-18-6-7-20-26(21(18)12-22-23(34)10-15(3)29(37)27(22)25)31(39)33(30(20)38)17-4-5-19(32(40)41)24(35)11-17/h4-6,8-11,20-21,25-26,35-36H,7,12H2,1-3H3,(H,40,41). The number of Topliss-reactive ketones (excluding diaryl/α,β-unsaturated/α-hetero) is 1. The van der Waals surface area contributed by atoms with Crippen LogP contribution < -0.4 is 4.90 Å². The lowest BCUT2D eigenvalue weighted by Crippen LogP contribution is -2.39. The van der Waals surface area contributed by atoms with Crippen molar-refractivity contribution in [3.05, 3.63) is 87.0 Å². The molecule has 2 aromatic carbocycles. The van der Waals surface area contributed by atoms with Crippen LogP contribution in [-0.2, 0) is 19.2 Å². The van der Waals surface area contributed by atoms with Gasteiger partial charge in [-0.1, -0.05) is 23.8 Å². The molecule has 9 nitrogen and oxygen atoms in total. The van der Waals surface area contributed by atoms with Crippen LogP contribution in [-0.4, -0.2) is 44.7 Å². The minimum Gasteiger partial charge on any atom is -0.507 e. The van der Waals surface area contributed by atoms with Gasteiger partial charge in [-0.15, -0.1) is 0 Å². The molecule has 1 fully saturated rings. The molecule has 41 heavy (non-hydrogen) atoms. The third-order valence-corrected chi connectivity index (χ3v) is 8.88. The van der Waals surface area contributed by atoms with E-state index in [1.807, 2.05) is 6.08 Å². The third kappa shape index (κ3) is 3.79. The van der Waals surface area contributed by atoms with E-state index in [4.69, 9.17) is 0 Å². The number of benzene rings is 2. The maximum Gasteiger partial charge on any atom is 0.339 e. The van der Waals surface area contributed by atoms with E-state index in [0.717, 1.165) is 28.2 Å². The van der Waals surface area contributed by atoms with Crippen molar-refractivity contribution in [1.82, 2.24) is 0 Å². The second kappa shape index (κ2) is 9.12. The highest BCUT2D eigenvalue weighted by Crippen LogP contribution is 2.55. The number of carboxylic acids is 1. The van der Waals surface area contributed by atoms with Crippen molar-refractivity contribution in [2.24, 2.45) is 17.8 Å². The van der Waals surface area contributed by atoms with Crippen LogP contribution in [0.1, 0.15) is 52.7 Å². The Bertz CT molecular complexity index is 1700. The molecule has 4 unspecified atom stereocenters. The summed E-state index contributed by atoms with van der Waals surface area (Å²) in [5.74, 6) is -5.96. The number of amides is 2.